The zero-order valence-electron chi connectivity index (χ0n) is 11.5. The van der Waals surface area contributed by atoms with Crippen LogP contribution in [-0.4, -0.2) is 6.54 Å². The SMILES string of the molecule is CCNC(CC(CC)CC)c1cccc(Br)c1F. The van der Waals surface area contributed by atoms with Crippen molar-refractivity contribution in [1.82, 2.24) is 5.32 Å². The van der Waals surface area contributed by atoms with E-state index in [0.29, 0.717) is 10.4 Å². The second-order valence-electron chi connectivity index (χ2n) is 4.67. The molecule has 0 aromatic heterocycles. The Kier molecular flexibility index (Phi) is 6.87. The van der Waals surface area contributed by atoms with Crippen LogP contribution in [0.5, 0.6) is 0 Å². The lowest BCUT2D eigenvalue weighted by atomic mass is 9.91. The molecule has 1 nitrogen and oxygen atoms in total. The van der Waals surface area contributed by atoms with E-state index in [0.717, 1.165) is 31.4 Å². The van der Waals surface area contributed by atoms with E-state index in [1.54, 1.807) is 6.07 Å². The molecule has 0 saturated heterocycles. The Balaban J connectivity index is 2.93. The lowest BCUT2D eigenvalue weighted by Gasteiger charge is -2.23. The summed E-state index contributed by atoms with van der Waals surface area (Å²) in [6, 6.07) is 5.64. The van der Waals surface area contributed by atoms with Crippen molar-refractivity contribution in [2.24, 2.45) is 5.92 Å². The molecule has 1 atom stereocenters. The Bertz CT molecular complexity index is 364. The van der Waals surface area contributed by atoms with Crippen molar-refractivity contribution < 1.29 is 4.39 Å². The highest BCUT2D eigenvalue weighted by molar-refractivity contribution is 9.10. The molecule has 0 aliphatic rings. The predicted molar refractivity (Wildman–Crippen MR) is 79.2 cm³/mol. The third-order valence-corrected chi connectivity index (χ3v) is 4.14. The smallest absolute Gasteiger partial charge is 0.142 e. The molecule has 1 aromatic carbocycles. The summed E-state index contributed by atoms with van der Waals surface area (Å²) in [6.07, 6.45) is 3.29. The topological polar surface area (TPSA) is 12.0 Å². The van der Waals surface area contributed by atoms with E-state index < -0.39 is 0 Å². The van der Waals surface area contributed by atoms with E-state index >= 15 is 0 Å². The van der Waals surface area contributed by atoms with Crippen LogP contribution in [0.3, 0.4) is 0 Å². The van der Waals surface area contributed by atoms with Crippen LogP contribution in [0.4, 0.5) is 4.39 Å². The fourth-order valence-electron chi connectivity index (χ4n) is 2.31. The van der Waals surface area contributed by atoms with Crippen LogP contribution in [0.1, 0.15) is 51.6 Å². The maximum absolute atomic E-state index is 14.1. The molecule has 3 heteroatoms. The fourth-order valence-corrected chi connectivity index (χ4v) is 2.69. The van der Waals surface area contributed by atoms with E-state index in [-0.39, 0.29) is 11.9 Å². The van der Waals surface area contributed by atoms with E-state index in [1.807, 2.05) is 12.1 Å². The van der Waals surface area contributed by atoms with Gasteiger partial charge in [-0.05, 0) is 40.9 Å². The number of halogens is 2. The van der Waals surface area contributed by atoms with Gasteiger partial charge in [-0.3, -0.25) is 0 Å². The summed E-state index contributed by atoms with van der Waals surface area (Å²) in [4.78, 5) is 0. The Morgan fingerprint density at radius 3 is 2.44 bits per heavy atom. The first-order chi connectivity index (χ1) is 8.63. The van der Waals surface area contributed by atoms with E-state index in [4.69, 9.17) is 0 Å². The molecule has 1 aromatic rings. The third kappa shape index (κ3) is 4.06. The van der Waals surface area contributed by atoms with Crippen LogP contribution in [0.2, 0.25) is 0 Å². The van der Waals surface area contributed by atoms with Crippen LogP contribution < -0.4 is 5.32 Å². The average Bonchev–Trinajstić information content (AvgIpc) is 2.38. The van der Waals surface area contributed by atoms with Gasteiger partial charge in [0, 0.05) is 11.6 Å². The van der Waals surface area contributed by atoms with Gasteiger partial charge < -0.3 is 5.32 Å². The van der Waals surface area contributed by atoms with Crippen molar-refractivity contribution in [2.45, 2.75) is 46.1 Å². The van der Waals surface area contributed by atoms with Crippen molar-refractivity contribution in [3.05, 3.63) is 34.1 Å². The summed E-state index contributed by atoms with van der Waals surface area (Å²) in [6.45, 7) is 7.33. The summed E-state index contributed by atoms with van der Waals surface area (Å²) in [5, 5.41) is 3.41. The molecule has 1 rings (SSSR count). The van der Waals surface area contributed by atoms with Crippen molar-refractivity contribution in [1.29, 1.82) is 0 Å². The van der Waals surface area contributed by atoms with Crippen LogP contribution >= 0.6 is 15.9 Å². The van der Waals surface area contributed by atoms with Gasteiger partial charge in [-0.15, -0.1) is 0 Å². The Morgan fingerprint density at radius 1 is 1.22 bits per heavy atom. The number of benzene rings is 1. The van der Waals surface area contributed by atoms with Crippen molar-refractivity contribution in [3.63, 3.8) is 0 Å². The molecule has 0 radical (unpaired) electrons. The maximum atomic E-state index is 14.1. The molecule has 0 amide bonds. The van der Waals surface area contributed by atoms with Gasteiger partial charge in [-0.25, -0.2) is 4.39 Å². The number of nitrogens with one attached hydrogen (secondary N) is 1. The van der Waals surface area contributed by atoms with Gasteiger partial charge in [0.25, 0.3) is 0 Å². The van der Waals surface area contributed by atoms with Crippen molar-refractivity contribution in [2.75, 3.05) is 6.54 Å². The lowest BCUT2D eigenvalue weighted by Crippen LogP contribution is -2.24. The standard InChI is InChI=1S/C15H23BrFN/c1-4-11(5-2)10-14(18-6-3)12-8-7-9-13(16)15(12)17/h7-9,11,14,18H,4-6,10H2,1-3H3. The summed E-state index contributed by atoms with van der Waals surface area (Å²) in [5.74, 6) is 0.516. The fraction of sp³-hybridized carbons (Fsp3) is 0.600. The van der Waals surface area contributed by atoms with E-state index in [9.17, 15) is 4.39 Å². The molecule has 0 spiro atoms. The number of hydrogen-bond acceptors (Lipinski definition) is 1. The van der Waals surface area contributed by atoms with Gasteiger partial charge in [0.2, 0.25) is 0 Å². The van der Waals surface area contributed by atoms with Gasteiger partial charge >= 0.3 is 0 Å². The first-order valence-electron chi connectivity index (χ1n) is 6.81. The van der Waals surface area contributed by atoms with Crippen LogP contribution in [0.25, 0.3) is 0 Å². The molecule has 0 fully saturated rings. The molecule has 0 aliphatic heterocycles. The number of rotatable bonds is 7. The van der Waals surface area contributed by atoms with Crippen molar-refractivity contribution in [3.8, 4) is 0 Å². The molecular formula is C15H23BrFN. The first kappa shape index (κ1) is 15.6. The van der Waals surface area contributed by atoms with Gasteiger partial charge in [-0.2, -0.15) is 0 Å². The van der Waals surface area contributed by atoms with E-state index in [1.165, 1.54) is 0 Å². The summed E-state index contributed by atoms with van der Waals surface area (Å²) >= 11 is 3.26. The van der Waals surface area contributed by atoms with Gasteiger partial charge in [0.05, 0.1) is 4.47 Å². The molecule has 0 bridgehead atoms. The molecule has 0 heterocycles. The summed E-state index contributed by atoms with van der Waals surface area (Å²) < 4.78 is 14.7. The third-order valence-electron chi connectivity index (χ3n) is 3.53. The molecule has 0 aliphatic carbocycles. The highest BCUT2D eigenvalue weighted by Crippen LogP contribution is 2.29. The lowest BCUT2D eigenvalue weighted by molar-refractivity contribution is 0.367. The van der Waals surface area contributed by atoms with Crippen LogP contribution in [-0.2, 0) is 0 Å². The number of hydrogen-bond donors (Lipinski definition) is 1. The van der Waals surface area contributed by atoms with Gasteiger partial charge in [-0.1, -0.05) is 45.7 Å². The van der Waals surface area contributed by atoms with E-state index in [2.05, 4.69) is 42.0 Å². The second-order valence-corrected chi connectivity index (χ2v) is 5.53. The largest absolute Gasteiger partial charge is 0.310 e. The average molecular weight is 316 g/mol. The molecular weight excluding hydrogens is 293 g/mol. The van der Waals surface area contributed by atoms with Crippen LogP contribution in [0.15, 0.2) is 22.7 Å². The molecule has 1 N–H and O–H groups in total. The van der Waals surface area contributed by atoms with Crippen LogP contribution in [0, 0.1) is 11.7 Å². The normalized spacial score (nSPS) is 13.0. The summed E-state index contributed by atoms with van der Waals surface area (Å²) in [7, 11) is 0. The Labute approximate surface area is 118 Å². The Hall–Kier alpha value is -0.410. The molecule has 0 saturated carbocycles. The summed E-state index contributed by atoms with van der Waals surface area (Å²) in [5.41, 5.74) is 0.776. The Morgan fingerprint density at radius 2 is 1.89 bits per heavy atom. The molecule has 18 heavy (non-hydrogen) atoms. The minimum Gasteiger partial charge on any atom is -0.310 e. The second kappa shape index (κ2) is 7.90. The highest BCUT2D eigenvalue weighted by atomic mass is 79.9. The molecule has 102 valence electrons. The quantitative estimate of drug-likeness (QED) is 0.741. The highest BCUT2D eigenvalue weighted by Gasteiger charge is 2.19. The van der Waals surface area contributed by atoms with Gasteiger partial charge in [0.1, 0.15) is 5.82 Å². The first-order valence-corrected chi connectivity index (χ1v) is 7.60. The zero-order valence-corrected chi connectivity index (χ0v) is 13.1. The van der Waals surface area contributed by atoms with Crippen molar-refractivity contribution >= 4 is 15.9 Å². The monoisotopic (exact) mass is 315 g/mol. The minimum absolute atomic E-state index is 0.109. The minimum atomic E-state index is -0.130. The zero-order chi connectivity index (χ0) is 13.5. The predicted octanol–water partition coefficient (Wildman–Crippen LogP) is 5.07. The molecule has 1 unspecified atom stereocenters. The maximum Gasteiger partial charge on any atom is 0.142 e. The van der Waals surface area contributed by atoms with Gasteiger partial charge in [0.15, 0.2) is 0 Å².